The van der Waals surface area contributed by atoms with Gasteiger partial charge in [-0.2, -0.15) is 0 Å². The summed E-state index contributed by atoms with van der Waals surface area (Å²) in [6.45, 7) is 8.93. The number of carbonyl (C=O) groups excluding carboxylic acids is 3. The third-order valence-corrected chi connectivity index (χ3v) is 11.1. The fourth-order valence-electron chi connectivity index (χ4n) is 7.97. The molecule has 3 aliphatic heterocycles. The van der Waals surface area contributed by atoms with Crippen LogP contribution in [0.4, 0.5) is 5.69 Å². The Morgan fingerprint density at radius 2 is 1.66 bits per heavy atom. The zero-order valence-corrected chi connectivity index (χ0v) is 29.4. The molecule has 3 amide bonds. The highest BCUT2D eigenvalue weighted by atomic mass is 16.5. The van der Waals surface area contributed by atoms with Crippen molar-refractivity contribution in [3.63, 3.8) is 0 Å². The van der Waals surface area contributed by atoms with Crippen molar-refractivity contribution in [2.24, 2.45) is 0 Å². The van der Waals surface area contributed by atoms with Crippen molar-refractivity contribution in [2.75, 3.05) is 44.2 Å². The average Bonchev–Trinajstić information content (AvgIpc) is 3.65. The van der Waals surface area contributed by atoms with E-state index in [9.17, 15) is 14.4 Å². The first kappa shape index (κ1) is 33.3. The van der Waals surface area contributed by atoms with E-state index in [1.54, 1.807) is 12.3 Å². The number of rotatable bonds is 10. The van der Waals surface area contributed by atoms with Crippen molar-refractivity contribution in [1.29, 1.82) is 0 Å². The number of aromatic nitrogens is 3. The topological polar surface area (TPSA) is 133 Å². The number of benzene rings is 2. The molecule has 1 saturated carbocycles. The number of fused-ring (bicyclic) bond motifs is 4. The highest BCUT2D eigenvalue weighted by Crippen LogP contribution is 2.33. The number of hydrogen-bond acceptors (Lipinski definition) is 9. The Hall–Kier alpha value is -5.59. The van der Waals surface area contributed by atoms with Crippen LogP contribution < -0.4 is 15.0 Å². The van der Waals surface area contributed by atoms with E-state index in [4.69, 9.17) is 9.47 Å². The highest BCUT2D eigenvalue weighted by molar-refractivity contribution is 6.23. The minimum atomic E-state index is -0.804. The van der Waals surface area contributed by atoms with Crippen LogP contribution in [0.2, 0.25) is 0 Å². The maximum atomic E-state index is 13.3. The van der Waals surface area contributed by atoms with E-state index in [-0.39, 0.29) is 18.1 Å². The number of hydrogen-bond donors (Lipinski definition) is 2. The normalized spacial score (nSPS) is 22.0. The van der Waals surface area contributed by atoms with Crippen LogP contribution in [0.5, 0.6) is 5.88 Å². The summed E-state index contributed by atoms with van der Waals surface area (Å²) in [6.07, 6.45) is 9.52. The molecule has 2 aromatic carbocycles. The molecule has 12 heteroatoms. The van der Waals surface area contributed by atoms with Crippen LogP contribution in [-0.4, -0.2) is 100 Å². The van der Waals surface area contributed by atoms with Gasteiger partial charge in [-0.25, -0.2) is 4.98 Å². The van der Waals surface area contributed by atoms with Gasteiger partial charge in [0.15, 0.2) is 0 Å². The molecule has 3 fully saturated rings. The summed E-state index contributed by atoms with van der Waals surface area (Å²) in [6, 6.07) is 17.0. The number of piperazine rings is 1. The van der Waals surface area contributed by atoms with Gasteiger partial charge >= 0.3 is 0 Å². The summed E-state index contributed by atoms with van der Waals surface area (Å²) in [7, 11) is 0. The predicted molar refractivity (Wildman–Crippen MR) is 201 cm³/mol. The van der Waals surface area contributed by atoms with Gasteiger partial charge in [0.2, 0.25) is 11.8 Å². The number of ether oxygens (including phenoxy) is 2. The Labute approximate surface area is 306 Å². The van der Waals surface area contributed by atoms with Gasteiger partial charge in [0.25, 0.3) is 11.8 Å². The molecule has 1 atom stereocenters. The molecule has 5 aromatic rings. The van der Waals surface area contributed by atoms with Crippen LogP contribution in [0.3, 0.4) is 0 Å². The maximum Gasteiger partial charge on any atom is 0.262 e. The van der Waals surface area contributed by atoms with Crippen molar-refractivity contribution in [1.82, 2.24) is 30.1 Å². The molecule has 0 radical (unpaired) electrons. The summed E-state index contributed by atoms with van der Waals surface area (Å²) < 4.78 is 12.3. The summed E-state index contributed by atoms with van der Waals surface area (Å²) in [5.41, 5.74) is 6.56. The molecular formula is C41H41N7O5. The number of imide groups is 1. The quantitative estimate of drug-likeness (QED) is 0.146. The summed E-state index contributed by atoms with van der Waals surface area (Å²) >= 11 is 0. The largest absolute Gasteiger partial charge is 0.474 e. The first-order valence-electron chi connectivity index (χ1n) is 18.5. The highest BCUT2D eigenvalue weighted by Gasteiger charge is 2.44. The standard InChI is InChI=1S/C41H41N7O5/c1-25-3-9-37(39(49)44-25)48-40(50)32-8-6-28(20-33(32)41(48)51)47-16-14-46(15-17-47)13-2-18-52-29-21-30(22-29)53-38-10-5-27(23-43-38)26-4-7-31-34-24-42-12-11-35(34)45-36(31)19-26/h4-8,10-12,19-20,23-24,29-30,37,45H,1-3,9,13-18,21-22H2,(H,44,49). The molecular weight excluding hydrogens is 670 g/mol. The number of pyridine rings is 2. The predicted octanol–water partition coefficient (Wildman–Crippen LogP) is 5.31. The van der Waals surface area contributed by atoms with E-state index in [1.807, 2.05) is 36.7 Å². The van der Waals surface area contributed by atoms with Gasteiger partial charge < -0.3 is 24.7 Å². The summed E-state index contributed by atoms with van der Waals surface area (Å²) in [4.78, 5) is 57.1. The fourth-order valence-corrected chi connectivity index (χ4v) is 7.97. The molecule has 6 heterocycles. The lowest BCUT2D eigenvalue weighted by Gasteiger charge is -2.37. The molecule has 0 spiro atoms. The number of piperidine rings is 1. The van der Waals surface area contributed by atoms with E-state index >= 15 is 0 Å². The Kier molecular flexibility index (Phi) is 8.63. The van der Waals surface area contributed by atoms with Crippen LogP contribution in [0, 0.1) is 0 Å². The SMILES string of the molecule is C=C1CCC(N2C(=O)c3ccc(N4CCN(CCCOC5CC(Oc6ccc(-c7ccc8c(c7)[nH]c7ccncc78)cn6)C5)CC4)cc3C2=O)C(=O)N1. The van der Waals surface area contributed by atoms with Crippen LogP contribution in [0.15, 0.2) is 85.5 Å². The van der Waals surface area contributed by atoms with Gasteiger partial charge in [-0.05, 0) is 61.2 Å². The number of anilines is 1. The average molecular weight is 712 g/mol. The van der Waals surface area contributed by atoms with Gasteiger partial charge in [0.1, 0.15) is 12.1 Å². The number of amides is 3. The molecule has 1 unspecified atom stereocenters. The number of carbonyl (C=O) groups is 3. The maximum absolute atomic E-state index is 13.3. The smallest absolute Gasteiger partial charge is 0.262 e. The number of aromatic amines is 1. The molecule has 12 nitrogen and oxygen atoms in total. The molecule has 4 aliphatic rings. The number of H-pyrrole nitrogens is 1. The minimum Gasteiger partial charge on any atom is -0.474 e. The van der Waals surface area contributed by atoms with Crippen LogP contribution in [0.25, 0.3) is 32.9 Å². The first-order chi connectivity index (χ1) is 25.9. The second kappa shape index (κ2) is 13.8. The lowest BCUT2D eigenvalue weighted by molar-refractivity contribution is -0.125. The van der Waals surface area contributed by atoms with E-state index in [0.717, 1.165) is 95.5 Å². The van der Waals surface area contributed by atoms with Gasteiger partial charge in [0, 0.05) is 116 Å². The minimum absolute atomic E-state index is 0.116. The van der Waals surface area contributed by atoms with E-state index < -0.39 is 17.9 Å². The van der Waals surface area contributed by atoms with E-state index in [1.165, 1.54) is 0 Å². The third kappa shape index (κ3) is 6.42. The van der Waals surface area contributed by atoms with E-state index in [2.05, 4.69) is 60.9 Å². The second-order valence-corrected chi connectivity index (χ2v) is 14.4. The van der Waals surface area contributed by atoms with Crippen molar-refractivity contribution in [3.8, 4) is 17.0 Å². The van der Waals surface area contributed by atoms with Crippen molar-refractivity contribution < 1.29 is 23.9 Å². The number of nitrogens with zero attached hydrogens (tertiary/aromatic N) is 5. The zero-order valence-electron chi connectivity index (χ0n) is 29.4. The molecule has 1 aliphatic carbocycles. The second-order valence-electron chi connectivity index (χ2n) is 14.4. The number of allylic oxidation sites excluding steroid dienone is 1. The zero-order chi connectivity index (χ0) is 36.1. The molecule has 270 valence electrons. The molecule has 2 N–H and O–H groups in total. The summed E-state index contributed by atoms with van der Waals surface area (Å²) in [5.74, 6) is -0.522. The molecule has 3 aromatic heterocycles. The van der Waals surface area contributed by atoms with Gasteiger partial charge in [-0.3, -0.25) is 29.2 Å². The fraction of sp³-hybridized carbons (Fsp3) is 0.341. The number of nitrogens with one attached hydrogen (secondary N) is 2. The van der Waals surface area contributed by atoms with Crippen molar-refractivity contribution >= 4 is 45.2 Å². The van der Waals surface area contributed by atoms with Crippen molar-refractivity contribution in [3.05, 3.63) is 96.6 Å². The van der Waals surface area contributed by atoms with Gasteiger partial charge in [-0.15, -0.1) is 0 Å². The van der Waals surface area contributed by atoms with Crippen LogP contribution in [-0.2, 0) is 9.53 Å². The summed E-state index contributed by atoms with van der Waals surface area (Å²) in [5, 5.41) is 4.96. The third-order valence-electron chi connectivity index (χ3n) is 11.1. The molecule has 0 bridgehead atoms. The van der Waals surface area contributed by atoms with Crippen molar-refractivity contribution in [2.45, 2.75) is 50.4 Å². The van der Waals surface area contributed by atoms with Gasteiger partial charge in [-0.1, -0.05) is 18.7 Å². The monoisotopic (exact) mass is 711 g/mol. The lowest BCUT2D eigenvalue weighted by Crippen LogP contribution is -2.51. The Bertz CT molecular complexity index is 2240. The lowest BCUT2D eigenvalue weighted by atomic mass is 9.92. The Morgan fingerprint density at radius 1 is 0.830 bits per heavy atom. The Balaban J connectivity index is 0.689. The van der Waals surface area contributed by atoms with Crippen LogP contribution >= 0.6 is 0 Å². The Morgan fingerprint density at radius 3 is 2.47 bits per heavy atom. The van der Waals surface area contributed by atoms with Crippen LogP contribution in [0.1, 0.15) is 52.8 Å². The molecule has 9 rings (SSSR count). The molecule has 53 heavy (non-hydrogen) atoms. The first-order valence-corrected chi connectivity index (χ1v) is 18.5. The van der Waals surface area contributed by atoms with E-state index in [0.29, 0.717) is 42.2 Å². The van der Waals surface area contributed by atoms with Gasteiger partial charge in [0.05, 0.1) is 17.2 Å². The molecule has 2 saturated heterocycles.